The van der Waals surface area contributed by atoms with Crippen molar-refractivity contribution in [3.05, 3.63) is 59.7 Å². The lowest BCUT2D eigenvalue weighted by atomic mass is 10.1. The minimum atomic E-state index is -0.0574. The third kappa shape index (κ3) is 5.26. The lowest BCUT2D eigenvalue weighted by Gasteiger charge is -2.38. The summed E-state index contributed by atoms with van der Waals surface area (Å²) < 4.78 is 5.51. The van der Waals surface area contributed by atoms with E-state index in [1.54, 1.807) is 0 Å². The van der Waals surface area contributed by atoms with Gasteiger partial charge in [-0.05, 0) is 62.7 Å². The Morgan fingerprint density at radius 1 is 1.07 bits per heavy atom. The van der Waals surface area contributed by atoms with Crippen LogP contribution in [0.15, 0.2) is 48.5 Å². The van der Waals surface area contributed by atoms with Crippen LogP contribution in [0.2, 0.25) is 0 Å². The lowest BCUT2D eigenvalue weighted by Crippen LogP contribution is -2.48. The van der Waals surface area contributed by atoms with Crippen molar-refractivity contribution in [1.29, 1.82) is 0 Å². The van der Waals surface area contributed by atoms with Gasteiger partial charge in [-0.15, -0.1) is 0 Å². The van der Waals surface area contributed by atoms with Gasteiger partial charge in [0.15, 0.2) is 0 Å². The molecule has 0 atom stereocenters. The number of anilines is 1. The normalized spacial score (nSPS) is 14.9. The molecule has 3 rings (SSSR count). The van der Waals surface area contributed by atoms with E-state index >= 15 is 0 Å². The minimum Gasteiger partial charge on any atom is -0.494 e. The summed E-state index contributed by atoms with van der Waals surface area (Å²) in [6.07, 6.45) is 0. The quantitative estimate of drug-likeness (QED) is 0.797. The van der Waals surface area contributed by atoms with Crippen LogP contribution >= 0.6 is 0 Å². The molecule has 0 saturated carbocycles. The van der Waals surface area contributed by atoms with E-state index in [2.05, 4.69) is 41.1 Å². The van der Waals surface area contributed by atoms with E-state index in [0.717, 1.165) is 37.5 Å². The number of ether oxygens (including phenoxy) is 1. The van der Waals surface area contributed by atoms with Gasteiger partial charge in [0.2, 0.25) is 0 Å². The van der Waals surface area contributed by atoms with Crippen LogP contribution in [0.5, 0.6) is 5.75 Å². The number of nitrogens with zero attached hydrogens (tertiary/aromatic N) is 2. The van der Waals surface area contributed by atoms with Crippen molar-refractivity contribution < 1.29 is 9.53 Å². The first-order chi connectivity index (χ1) is 13.6. The van der Waals surface area contributed by atoms with Crippen molar-refractivity contribution >= 4 is 11.6 Å². The number of nitrogens with one attached hydrogen (secondary N) is 1. The van der Waals surface area contributed by atoms with Gasteiger partial charge < -0.3 is 15.0 Å². The minimum absolute atomic E-state index is 0.0574. The molecule has 0 bridgehead atoms. The van der Waals surface area contributed by atoms with E-state index in [1.165, 1.54) is 5.69 Å². The Hall–Kier alpha value is -2.53. The van der Waals surface area contributed by atoms with Crippen molar-refractivity contribution in [3.8, 4) is 5.75 Å². The molecule has 28 heavy (non-hydrogen) atoms. The topological polar surface area (TPSA) is 44.8 Å². The molecule has 0 aromatic heterocycles. The summed E-state index contributed by atoms with van der Waals surface area (Å²) >= 11 is 0. The average molecular weight is 382 g/mol. The van der Waals surface area contributed by atoms with Gasteiger partial charge in [-0.25, -0.2) is 0 Å². The van der Waals surface area contributed by atoms with Crippen LogP contribution in [-0.4, -0.2) is 49.6 Å². The fourth-order valence-corrected chi connectivity index (χ4v) is 3.52. The smallest absolute Gasteiger partial charge is 0.251 e. The first-order valence-electron chi connectivity index (χ1n) is 10.2. The molecular weight excluding hydrogens is 350 g/mol. The Bertz CT molecular complexity index is 766. The maximum absolute atomic E-state index is 12.5. The van der Waals surface area contributed by atoms with Gasteiger partial charge in [-0.1, -0.05) is 12.1 Å². The summed E-state index contributed by atoms with van der Waals surface area (Å²) in [7, 11) is 0. The van der Waals surface area contributed by atoms with E-state index in [-0.39, 0.29) is 5.91 Å². The number of carbonyl (C=O) groups excluding carboxylic acids is 1. The maximum atomic E-state index is 12.5. The second-order valence-electron chi connectivity index (χ2n) is 7.43. The van der Waals surface area contributed by atoms with E-state index in [1.807, 2.05) is 43.3 Å². The zero-order valence-corrected chi connectivity index (χ0v) is 17.1. The summed E-state index contributed by atoms with van der Waals surface area (Å²) in [5.74, 6) is 0.772. The van der Waals surface area contributed by atoms with Crippen molar-refractivity contribution in [2.45, 2.75) is 33.4 Å². The molecule has 150 valence electrons. The molecule has 0 unspecified atom stereocenters. The summed E-state index contributed by atoms with van der Waals surface area (Å²) in [6.45, 7) is 11.8. The van der Waals surface area contributed by atoms with Gasteiger partial charge >= 0.3 is 0 Å². The van der Waals surface area contributed by atoms with E-state index in [0.29, 0.717) is 24.8 Å². The van der Waals surface area contributed by atoms with Crippen molar-refractivity contribution in [3.63, 3.8) is 0 Å². The predicted molar refractivity (Wildman–Crippen MR) is 114 cm³/mol. The highest BCUT2D eigenvalue weighted by atomic mass is 16.5. The SMILES string of the molecule is CCOc1cccc(CNC(=O)c2ccc(N3CCN(C(C)C)CC3)cc2)c1. The van der Waals surface area contributed by atoms with Crippen LogP contribution in [0.25, 0.3) is 0 Å². The first kappa shape index (κ1) is 20.2. The van der Waals surface area contributed by atoms with Crippen LogP contribution in [0, 0.1) is 0 Å². The Balaban J connectivity index is 1.53. The maximum Gasteiger partial charge on any atom is 0.251 e. The van der Waals surface area contributed by atoms with Gasteiger partial charge in [-0.2, -0.15) is 0 Å². The van der Waals surface area contributed by atoms with Gasteiger partial charge in [0.1, 0.15) is 5.75 Å². The van der Waals surface area contributed by atoms with Crippen LogP contribution in [0.3, 0.4) is 0 Å². The van der Waals surface area contributed by atoms with Crippen molar-refractivity contribution in [1.82, 2.24) is 10.2 Å². The monoisotopic (exact) mass is 381 g/mol. The average Bonchev–Trinajstić information content (AvgIpc) is 2.73. The van der Waals surface area contributed by atoms with Gasteiger partial charge in [0.25, 0.3) is 5.91 Å². The molecule has 1 heterocycles. The first-order valence-corrected chi connectivity index (χ1v) is 10.2. The predicted octanol–water partition coefficient (Wildman–Crippen LogP) is 3.55. The fraction of sp³-hybridized carbons (Fsp3) is 0.435. The van der Waals surface area contributed by atoms with Crippen molar-refractivity contribution in [2.24, 2.45) is 0 Å². The third-order valence-corrected chi connectivity index (χ3v) is 5.20. The Labute approximate surface area is 168 Å². The van der Waals surface area contributed by atoms with Gasteiger partial charge in [0, 0.05) is 50.0 Å². The summed E-state index contributed by atoms with van der Waals surface area (Å²) in [4.78, 5) is 17.4. The fourth-order valence-electron chi connectivity index (χ4n) is 3.52. The molecule has 1 aliphatic heterocycles. The molecule has 1 saturated heterocycles. The lowest BCUT2D eigenvalue weighted by molar-refractivity contribution is 0.0951. The molecule has 1 N–H and O–H groups in total. The number of piperazine rings is 1. The zero-order chi connectivity index (χ0) is 19.9. The molecule has 1 aliphatic rings. The number of rotatable bonds is 7. The summed E-state index contributed by atoms with van der Waals surface area (Å²) in [5.41, 5.74) is 2.90. The molecule has 5 nitrogen and oxygen atoms in total. The molecule has 2 aromatic rings. The number of benzene rings is 2. The van der Waals surface area contributed by atoms with Crippen molar-refractivity contribution in [2.75, 3.05) is 37.7 Å². The largest absolute Gasteiger partial charge is 0.494 e. The summed E-state index contributed by atoms with van der Waals surface area (Å²) in [5, 5.41) is 2.99. The second kappa shape index (κ2) is 9.60. The highest BCUT2D eigenvalue weighted by molar-refractivity contribution is 5.94. The molecule has 0 spiro atoms. The second-order valence-corrected chi connectivity index (χ2v) is 7.43. The van der Waals surface area contributed by atoms with Crippen LogP contribution in [0.1, 0.15) is 36.7 Å². The van der Waals surface area contributed by atoms with E-state index in [9.17, 15) is 4.79 Å². The molecule has 1 fully saturated rings. The van der Waals surface area contributed by atoms with E-state index < -0.39 is 0 Å². The van der Waals surface area contributed by atoms with Crippen LogP contribution < -0.4 is 15.0 Å². The van der Waals surface area contributed by atoms with Gasteiger partial charge in [0.05, 0.1) is 6.61 Å². The van der Waals surface area contributed by atoms with Crippen LogP contribution in [-0.2, 0) is 6.54 Å². The Morgan fingerprint density at radius 2 is 1.79 bits per heavy atom. The standard InChI is InChI=1S/C23H31N3O2/c1-4-28-22-7-5-6-19(16-22)17-24-23(27)20-8-10-21(11-9-20)26-14-12-25(13-15-26)18(2)3/h5-11,16,18H,4,12-15,17H2,1-3H3,(H,24,27). The summed E-state index contributed by atoms with van der Waals surface area (Å²) in [6, 6.07) is 16.3. The zero-order valence-electron chi connectivity index (χ0n) is 17.1. The third-order valence-electron chi connectivity index (χ3n) is 5.20. The molecular formula is C23H31N3O2. The molecule has 2 aromatic carbocycles. The molecule has 1 amide bonds. The Morgan fingerprint density at radius 3 is 2.43 bits per heavy atom. The highest BCUT2D eigenvalue weighted by Crippen LogP contribution is 2.18. The van der Waals surface area contributed by atoms with Crippen LogP contribution in [0.4, 0.5) is 5.69 Å². The molecule has 0 aliphatic carbocycles. The molecule has 0 radical (unpaired) electrons. The molecule has 5 heteroatoms. The number of amides is 1. The number of carbonyl (C=O) groups is 1. The van der Waals surface area contributed by atoms with Gasteiger partial charge in [-0.3, -0.25) is 9.69 Å². The highest BCUT2D eigenvalue weighted by Gasteiger charge is 2.19. The number of hydrogen-bond acceptors (Lipinski definition) is 4. The van der Waals surface area contributed by atoms with E-state index in [4.69, 9.17) is 4.74 Å². The Kier molecular flexibility index (Phi) is 6.93. The number of hydrogen-bond donors (Lipinski definition) is 1.